The molecule has 2 heterocycles. The van der Waals surface area contributed by atoms with Crippen LogP contribution in [0.15, 0.2) is 70.9 Å². The van der Waals surface area contributed by atoms with Crippen LogP contribution >= 0.6 is 0 Å². The summed E-state index contributed by atoms with van der Waals surface area (Å²) in [5.41, 5.74) is 1.57. The summed E-state index contributed by atoms with van der Waals surface area (Å²) in [5.74, 6) is -0.614. The van der Waals surface area contributed by atoms with Gasteiger partial charge in [0.25, 0.3) is 11.7 Å². The lowest BCUT2D eigenvalue weighted by Crippen LogP contribution is -2.29. The van der Waals surface area contributed by atoms with E-state index >= 15 is 0 Å². The summed E-state index contributed by atoms with van der Waals surface area (Å²) in [6, 6.07) is 14.5. The molecule has 2 aromatic carbocycles. The normalized spacial score (nSPS) is 17.6. The molecule has 1 aliphatic heterocycles. The summed E-state index contributed by atoms with van der Waals surface area (Å²) in [6.07, 6.45) is 1.46. The van der Waals surface area contributed by atoms with Crippen LogP contribution in [0.3, 0.4) is 0 Å². The van der Waals surface area contributed by atoms with E-state index in [1.807, 2.05) is 19.9 Å². The fraction of sp³-hybridized carbons (Fsp3) is 0.200. The van der Waals surface area contributed by atoms with Crippen molar-refractivity contribution in [3.05, 3.63) is 83.3 Å². The Morgan fingerprint density at radius 1 is 1.12 bits per heavy atom. The van der Waals surface area contributed by atoms with Crippen LogP contribution in [0, 0.1) is 6.92 Å². The van der Waals surface area contributed by atoms with Gasteiger partial charge in [-0.3, -0.25) is 14.5 Å². The van der Waals surface area contributed by atoms with Crippen LogP contribution in [0.2, 0.25) is 0 Å². The zero-order valence-corrected chi connectivity index (χ0v) is 18.0. The average Bonchev–Trinajstić information content (AvgIpc) is 3.41. The molecule has 1 unspecified atom stereocenters. The number of anilines is 1. The van der Waals surface area contributed by atoms with Crippen LogP contribution in [0.25, 0.3) is 5.76 Å². The van der Waals surface area contributed by atoms with Gasteiger partial charge in [-0.25, -0.2) is 0 Å². The minimum atomic E-state index is -0.952. The first-order valence-electron chi connectivity index (χ1n) is 10.2. The van der Waals surface area contributed by atoms with Gasteiger partial charge in [-0.15, -0.1) is 0 Å². The maximum Gasteiger partial charge on any atom is 0.300 e. The highest BCUT2D eigenvalue weighted by Gasteiger charge is 2.48. The second-order valence-corrected chi connectivity index (χ2v) is 7.32. The fourth-order valence-electron chi connectivity index (χ4n) is 3.86. The number of ketones is 1. The molecule has 0 radical (unpaired) electrons. The Morgan fingerprint density at radius 2 is 1.94 bits per heavy atom. The molecule has 4 rings (SSSR count). The highest BCUT2D eigenvalue weighted by molar-refractivity contribution is 6.51. The number of aliphatic hydroxyl groups is 1. The molecular weight excluding hydrogens is 410 g/mol. The van der Waals surface area contributed by atoms with Gasteiger partial charge >= 0.3 is 0 Å². The van der Waals surface area contributed by atoms with Gasteiger partial charge in [0.2, 0.25) is 0 Å². The summed E-state index contributed by atoms with van der Waals surface area (Å²) in [4.78, 5) is 27.7. The number of hydrogen-bond acceptors (Lipinski definition) is 6. The third-order valence-electron chi connectivity index (χ3n) is 5.27. The molecule has 1 aliphatic rings. The molecule has 1 saturated heterocycles. The van der Waals surface area contributed by atoms with Gasteiger partial charge in [0, 0.05) is 11.8 Å². The standard InChI is InChI=1S/C25H23NO6/c1-4-31-17-8-5-7-16(14-17)26-22(20-9-6-12-32-20)21(24(28)25(26)29)23(27)18-13-15(2)10-11-19(18)30-3/h5-14,22,27H,4H2,1-3H3/b23-21-. The van der Waals surface area contributed by atoms with E-state index in [4.69, 9.17) is 13.9 Å². The van der Waals surface area contributed by atoms with Crippen LogP contribution in [-0.2, 0) is 9.59 Å². The quantitative estimate of drug-likeness (QED) is 0.347. The molecule has 0 saturated carbocycles. The molecule has 1 fully saturated rings. The Morgan fingerprint density at radius 3 is 2.62 bits per heavy atom. The van der Waals surface area contributed by atoms with Crippen LogP contribution in [-0.4, -0.2) is 30.5 Å². The van der Waals surface area contributed by atoms with Gasteiger partial charge in [-0.2, -0.15) is 0 Å². The number of furan rings is 1. The molecule has 0 spiro atoms. The zero-order valence-electron chi connectivity index (χ0n) is 18.0. The molecule has 1 atom stereocenters. The summed E-state index contributed by atoms with van der Waals surface area (Å²) in [6.45, 7) is 4.17. The third-order valence-corrected chi connectivity index (χ3v) is 5.27. The SMILES string of the molecule is CCOc1cccc(N2C(=O)C(=O)/C(=C(\O)c3cc(C)ccc3OC)C2c2ccco2)c1. The largest absolute Gasteiger partial charge is 0.507 e. The number of benzene rings is 2. The minimum absolute atomic E-state index is 0.0735. The van der Waals surface area contributed by atoms with E-state index < -0.39 is 17.7 Å². The van der Waals surface area contributed by atoms with E-state index in [0.717, 1.165) is 5.56 Å². The van der Waals surface area contributed by atoms with Crippen molar-refractivity contribution in [3.8, 4) is 11.5 Å². The number of carbonyl (C=O) groups is 2. The molecule has 1 amide bonds. The summed E-state index contributed by atoms with van der Waals surface area (Å²) in [5, 5.41) is 11.3. The molecule has 0 bridgehead atoms. The molecule has 0 aliphatic carbocycles. The first-order valence-corrected chi connectivity index (χ1v) is 10.2. The van der Waals surface area contributed by atoms with E-state index in [1.165, 1.54) is 18.3 Å². The number of methoxy groups -OCH3 is 1. The highest BCUT2D eigenvalue weighted by Crippen LogP contribution is 2.44. The van der Waals surface area contributed by atoms with Crippen molar-refractivity contribution in [2.45, 2.75) is 19.9 Å². The van der Waals surface area contributed by atoms with Crippen molar-refractivity contribution < 1.29 is 28.6 Å². The Balaban J connectivity index is 1.93. The number of nitrogens with zero attached hydrogens (tertiary/aromatic N) is 1. The Labute approximate surface area is 185 Å². The van der Waals surface area contributed by atoms with Crippen molar-refractivity contribution in [1.29, 1.82) is 0 Å². The first-order chi connectivity index (χ1) is 15.5. The Kier molecular flexibility index (Phi) is 5.73. The van der Waals surface area contributed by atoms with E-state index in [9.17, 15) is 14.7 Å². The number of amides is 1. The zero-order chi connectivity index (χ0) is 22.8. The van der Waals surface area contributed by atoms with Crippen molar-refractivity contribution in [1.82, 2.24) is 0 Å². The van der Waals surface area contributed by atoms with Crippen molar-refractivity contribution in [2.75, 3.05) is 18.6 Å². The minimum Gasteiger partial charge on any atom is -0.507 e. The molecule has 7 heteroatoms. The second-order valence-electron chi connectivity index (χ2n) is 7.32. The fourth-order valence-corrected chi connectivity index (χ4v) is 3.86. The predicted molar refractivity (Wildman–Crippen MR) is 119 cm³/mol. The van der Waals surface area contributed by atoms with Gasteiger partial charge in [0.1, 0.15) is 29.1 Å². The van der Waals surface area contributed by atoms with Crippen molar-refractivity contribution >= 4 is 23.1 Å². The van der Waals surface area contributed by atoms with Gasteiger partial charge in [0.05, 0.1) is 31.1 Å². The molecular formula is C25H23NO6. The summed E-state index contributed by atoms with van der Waals surface area (Å²) < 4.78 is 16.5. The van der Waals surface area contributed by atoms with E-state index in [-0.39, 0.29) is 11.3 Å². The van der Waals surface area contributed by atoms with E-state index in [1.54, 1.807) is 48.5 Å². The van der Waals surface area contributed by atoms with Gasteiger partial charge in [-0.1, -0.05) is 17.7 Å². The number of aryl methyl sites for hydroxylation is 1. The average molecular weight is 433 g/mol. The van der Waals surface area contributed by atoms with Gasteiger partial charge in [0.15, 0.2) is 0 Å². The number of hydrogen-bond donors (Lipinski definition) is 1. The second kappa shape index (κ2) is 8.63. The molecule has 164 valence electrons. The lowest BCUT2D eigenvalue weighted by atomic mass is 9.97. The number of carbonyl (C=O) groups excluding carboxylic acids is 2. The summed E-state index contributed by atoms with van der Waals surface area (Å²) >= 11 is 0. The van der Waals surface area contributed by atoms with Crippen LogP contribution < -0.4 is 14.4 Å². The van der Waals surface area contributed by atoms with E-state index in [0.29, 0.717) is 35.1 Å². The topological polar surface area (TPSA) is 89.2 Å². The molecule has 3 aromatic rings. The van der Waals surface area contributed by atoms with Crippen molar-refractivity contribution in [3.63, 3.8) is 0 Å². The highest BCUT2D eigenvalue weighted by atomic mass is 16.5. The number of aliphatic hydroxyl groups excluding tert-OH is 1. The van der Waals surface area contributed by atoms with E-state index in [2.05, 4.69) is 0 Å². The number of rotatable bonds is 6. The smallest absolute Gasteiger partial charge is 0.300 e. The maximum absolute atomic E-state index is 13.2. The monoisotopic (exact) mass is 433 g/mol. The number of ether oxygens (including phenoxy) is 2. The predicted octanol–water partition coefficient (Wildman–Crippen LogP) is 4.62. The van der Waals surface area contributed by atoms with Crippen LogP contribution in [0.4, 0.5) is 5.69 Å². The molecule has 1 N–H and O–H groups in total. The van der Waals surface area contributed by atoms with Crippen molar-refractivity contribution in [2.24, 2.45) is 0 Å². The van der Waals surface area contributed by atoms with Crippen LogP contribution in [0.5, 0.6) is 11.5 Å². The lowest BCUT2D eigenvalue weighted by molar-refractivity contribution is -0.132. The van der Waals surface area contributed by atoms with Crippen LogP contribution in [0.1, 0.15) is 29.9 Å². The van der Waals surface area contributed by atoms with Gasteiger partial charge in [-0.05, 0) is 50.2 Å². The number of Topliss-reactive ketones (excluding diaryl/α,β-unsaturated/α-hetero) is 1. The molecule has 32 heavy (non-hydrogen) atoms. The summed E-state index contributed by atoms with van der Waals surface area (Å²) in [7, 11) is 1.48. The molecule has 7 nitrogen and oxygen atoms in total. The molecule has 1 aromatic heterocycles. The first kappa shape index (κ1) is 21.2. The van der Waals surface area contributed by atoms with Gasteiger partial charge < -0.3 is 19.0 Å². The Bertz CT molecular complexity index is 1190. The lowest BCUT2D eigenvalue weighted by Gasteiger charge is -2.24. The Hall–Kier alpha value is -4.00. The maximum atomic E-state index is 13.2. The third kappa shape index (κ3) is 3.62.